The highest BCUT2D eigenvalue weighted by Crippen LogP contribution is 2.09. The van der Waals surface area contributed by atoms with Crippen molar-refractivity contribution in [2.75, 3.05) is 7.05 Å². The van der Waals surface area contributed by atoms with Crippen LogP contribution < -0.4 is 5.32 Å². The highest BCUT2D eigenvalue weighted by Gasteiger charge is 2.05. The molecule has 0 aliphatic rings. The molecule has 15 heavy (non-hydrogen) atoms. The Morgan fingerprint density at radius 1 is 1.73 bits per heavy atom. The highest BCUT2D eigenvalue weighted by atomic mass is 79.9. The minimum Gasteiger partial charge on any atom is -0.375 e. The van der Waals surface area contributed by atoms with Gasteiger partial charge in [0, 0.05) is 13.2 Å². The molecule has 0 saturated heterocycles. The van der Waals surface area contributed by atoms with Gasteiger partial charge in [-0.1, -0.05) is 12.6 Å². The summed E-state index contributed by atoms with van der Waals surface area (Å²) in [5, 5.41) is 2.82. The van der Waals surface area contributed by atoms with E-state index in [1.807, 2.05) is 12.1 Å². The molecule has 80 valence electrons. The monoisotopic (exact) mass is 269 g/mol. The summed E-state index contributed by atoms with van der Waals surface area (Å²) in [7, 11) is 1.72. The van der Waals surface area contributed by atoms with E-state index in [9.17, 15) is 4.79 Å². The maximum Gasteiger partial charge on any atom is 0.215 e. The maximum atomic E-state index is 10.8. The number of amides is 1. The molecule has 0 atom stereocenters. The van der Waals surface area contributed by atoms with Gasteiger partial charge in [-0.05, 0) is 27.6 Å². The van der Waals surface area contributed by atoms with Crippen LogP contribution in [0.5, 0.6) is 0 Å². The van der Waals surface area contributed by atoms with Gasteiger partial charge in [0.15, 0.2) is 0 Å². The predicted molar refractivity (Wildman–Crippen MR) is 61.7 cm³/mol. The van der Waals surface area contributed by atoms with E-state index in [0.29, 0.717) is 12.4 Å². The summed E-state index contributed by atoms with van der Waals surface area (Å²) in [5.41, 5.74) is 0.946. The standard InChI is InChI=1S/C10H12BrN3O/c1-8(12-2)14(7-15)6-9-3-4-10(11)13-5-9/h3-5,7,12H,1,6H2,2H3. The van der Waals surface area contributed by atoms with Crippen LogP contribution in [-0.2, 0) is 11.3 Å². The lowest BCUT2D eigenvalue weighted by molar-refractivity contribution is -0.117. The first-order valence-corrected chi connectivity index (χ1v) is 5.15. The molecule has 5 heteroatoms. The molecule has 0 saturated carbocycles. The van der Waals surface area contributed by atoms with Crippen molar-refractivity contribution in [3.63, 3.8) is 0 Å². The molecule has 1 N–H and O–H groups in total. The van der Waals surface area contributed by atoms with Crippen molar-refractivity contribution in [1.82, 2.24) is 15.2 Å². The number of nitrogens with one attached hydrogen (secondary N) is 1. The topological polar surface area (TPSA) is 45.2 Å². The molecule has 4 nitrogen and oxygen atoms in total. The maximum absolute atomic E-state index is 10.8. The number of rotatable bonds is 5. The summed E-state index contributed by atoms with van der Waals surface area (Å²) >= 11 is 3.25. The van der Waals surface area contributed by atoms with Crippen molar-refractivity contribution in [3.8, 4) is 0 Å². The Hall–Kier alpha value is -1.36. The Kier molecular flexibility index (Phi) is 4.30. The molecule has 1 heterocycles. The average Bonchev–Trinajstić information content (AvgIpc) is 2.27. The van der Waals surface area contributed by atoms with E-state index in [0.717, 1.165) is 16.6 Å². The van der Waals surface area contributed by atoms with Gasteiger partial charge < -0.3 is 5.32 Å². The Bertz CT molecular complexity index is 350. The van der Waals surface area contributed by atoms with Crippen molar-refractivity contribution in [3.05, 3.63) is 40.9 Å². The van der Waals surface area contributed by atoms with Gasteiger partial charge in [-0.2, -0.15) is 0 Å². The van der Waals surface area contributed by atoms with E-state index in [1.54, 1.807) is 13.2 Å². The smallest absolute Gasteiger partial charge is 0.215 e. The molecule has 0 unspecified atom stereocenters. The van der Waals surface area contributed by atoms with Gasteiger partial charge >= 0.3 is 0 Å². The Morgan fingerprint density at radius 2 is 2.47 bits per heavy atom. The normalized spacial score (nSPS) is 9.47. The third-order valence-corrected chi connectivity index (χ3v) is 2.37. The first kappa shape index (κ1) is 11.7. The quantitative estimate of drug-likeness (QED) is 0.651. The lowest BCUT2D eigenvalue weighted by atomic mass is 10.3. The summed E-state index contributed by atoms with van der Waals surface area (Å²) in [6, 6.07) is 3.73. The van der Waals surface area contributed by atoms with Crippen molar-refractivity contribution in [1.29, 1.82) is 0 Å². The van der Waals surface area contributed by atoms with E-state index >= 15 is 0 Å². The van der Waals surface area contributed by atoms with Crippen LogP contribution in [0.15, 0.2) is 35.3 Å². The first-order valence-electron chi connectivity index (χ1n) is 4.36. The molecule has 1 aromatic heterocycles. The molecule has 0 aliphatic heterocycles. The van der Waals surface area contributed by atoms with Gasteiger partial charge in [0.1, 0.15) is 10.4 Å². The lowest BCUT2D eigenvalue weighted by Gasteiger charge is -2.19. The summed E-state index contributed by atoms with van der Waals surface area (Å²) in [4.78, 5) is 16.3. The average molecular weight is 270 g/mol. The van der Waals surface area contributed by atoms with Crippen LogP contribution in [0.25, 0.3) is 0 Å². The zero-order valence-electron chi connectivity index (χ0n) is 8.40. The van der Waals surface area contributed by atoms with Crippen LogP contribution in [0.4, 0.5) is 0 Å². The highest BCUT2D eigenvalue weighted by molar-refractivity contribution is 9.10. The summed E-state index contributed by atoms with van der Waals surface area (Å²) in [6.45, 7) is 4.17. The van der Waals surface area contributed by atoms with E-state index in [2.05, 4.69) is 32.8 Å². The number of pyridine rings is 1. The second-order valence-corrected chi connectivity index (χ2v) is 3.73. The second kappa shape index (κ2) is 5.50. The fourth-order valence-corrected chi connectivity index (χ4v) is 1.27. The summed E-state index contributed by atoms with van der Waals surface area (Å²) in [5.74, 6) is 0.563. The molecular formula is C10H12BrN3O. The predicted octanol–water partition coefficient (Wildman–Crippen LogP) is 1.49. The molecule has 0 spiro atoms. The van der Waals surface area contributed by atoms with Gasteiger partial charge in [0.25, 0.3) is 0 Å². The minimum atomic E-state index is 0.462. The van der Waals surface area contributed by atoms with Crippen LogP contribution in [0.1, 0.15) is 5.56 Å². The molecule has 1 aromatic rings. The van der Waals surface area contributed by atoms with Gasteiger partial charge in [-0.3, -0.25) is 9.69 Å². The molecule has 0 radical (unpaired) electrons. The van der Waals surface area contributed by atoms with Crippen LogP contribution >= 0.6 is 15.9 Å². The van der Waals surface area contributed by atoms with Gasteiger partial charge in [-0.25, -0.2) is 4.98 Å². The minimum absolute atomic E-state index is 0.462. The molecule has 1 amide bonds. The van der Waals surface area contributed by atoms with E-state index in [-0.39, 0.29) is 0 Å². The number of halogens is 1. The van der Waals surface area contributed by atoms with Crippen molar-refractivity contribution >= 4 is 22.3 Å². The number of hydrogen-bond acceptors (Lipinski definition) is 3. The van der Waals surface area contributed by atoms with E-state index in [1.165, 1.54) is 4.90 Å². The van der Waals surface area contributed by atoms with Crippen LogP contribution in [0.2, 0.25) is 0 Å². The summed E-state index contributed by atoms with van der Waals surface area (Å²) in [6.07, 6.45) is 2.45. The fourth-order valence-electron chi connectivity index (χ4n) is 1.04. The number of carbonyl (C=O) groups is 1. The first-order chi connectivity index (χ1) is 7.17. The molecule has 0 aromatic carbocycles. The van der Waals surface area contributed by atoms with Crippen LogP contribution in [0, 0.1) is 0 Å². The SMILES string of the molecule is C=C(NC)N(C=O)Cc1ccc(Br)nc1. The second-order valence-electron chi connectivity index (χ2n) is 2.92. The molecule has 0 fully saturated rings. The molecular weight excluding hydrogens is 258 g/mol. The number of aromatic nitrogens is 1. The van der Waals surface area contributed by atoms with Gasteiger partial charge in [0.2, 0.25) is 6.41 Å². The Morgan fingerprint density at radius 3 is 2.93 bits per heavy atom. The van der Waals surface area contributed by atoms with Crippen LogP contribution in [0.3, 0.4) is 0 Å². The fraction of sp³-hybridized carbons (Fsp3) is 0.200. The lowest BCUT2D eigenvalue weighted by Crippen LogP contribution is -2.27. The summed E-state index contributed by atoms with van der Waals surface area (Å²) < 4.78 is 0.774. The third kappa shape index (κ3) is 3.36. The van der Waals surface area contributed by atoms with Crippen molar-refractivity contribution in [2.24, 2.45) is 0 Å². The number of carbonyl (C=O) groups excluding carboxylic acids is 1. The van der Waals surface area contributed by atoms with Crippen molar-refractivity contribution in [2.45, 2.75) is 6.54 Å². The number of hydrogen-bond donors (Lipinski definition) is 1. The Balaban J connectivity index is 2.71. The van der Waals surface area contributed by atoms with E-state index < -0.39 is 0 Å². The molecule has 0 bridgehead atoms. The molecule has 1 rings (SSSR count). The molecule has 0 aliphatic carbocycles. The van der Waals surface area contributed by atoms with Gasteiger partial charge in [0.05, 0.1) is 6.54 Å². The Labute approximate surface area is 97.1 Å². The van der Waals surface area contributed by atoms with Gasteiger partial charge in [-0.15, -0.1) is 0 Å². The van der Waals surface area contributed by atoms with E-state index in [4.69, 9.17) is 0 Å². The third-order valence-electron chi connectivity index (χ3n) is 1.90. The zero-order valence-corrected chi connectivity index (χ0v) is 9.99. The number of nitrogens with zero attached hydrogens (tertiary/aromatic N) is 2. The largest absolute Gasteiger partial charge is 0.375 e. The van der Waals surface area contributed by atoms with Crippen molar-refractivity contribution < 1.29 is 4.79 Å². The zero-order chi connectivity index (χ0) is 11.3. The van der Waals surface area contributed by atoms with Crippen LogP contribution in [-0.4, -0.2) is 23.3 Å².